The lowest BCUT2D eigenvalue weighted by Crippen LogP contribution is -2.34. The minimum atomic E-state index is -1.31. The predicted molar refractivity (Wildman–Crippen MR) is 83.5 cm³/mol. The zero-order valence-electron chi connectivity index (χ0n) is 12.9. The third kappa shape index (κ3) is 4.63. The van der Waals surface area contributed by atoms with Gasteiger partial charge in [0.25, 0.3) is 0 Å². The second-order valence-corrected chi connectivity index (χ2v) is 5.83. The summed E-state index contributed by atoms with van der Waals surface area (Å²) >= 11 is 0. The Morgan fingerprint density at radius 1 is 1.17 bits per heavy atom. The summed E-state index contributed by atoms with van der Waals surface area (Å²) in [5.41, 5.74) is 2.58. The van der Waals surface area contributed by atoms with Gasteiger partial charge >= 0.3 is 11.9 Å². The van der Waals surface area contributed by atoms with E-state index in [0.717, 1.165) is 6.42 Å². The number of likely N-dealkylation sites (N-methyl/N-ethyl adjacent to an activating group) is 1. The van der Waals surface area contributed by atoms with Gasteiger partial charge in [-0.1, -0.05) is 18.2 Å². The molecule has 0 spiro atoms. The topological polar surface area (TPSA) is 77.8 Å². The zero-order chi connectivity index (χ0) is 17.0. The Morgan fingerprint density at radius 3 is 2.26 bits per heavy atom. The molecule has 0 amide bonds. The van der Waals surface area contributed by atoms with Gasteiger partial charge in [0, 0.05) is 12.1 Å². The first-order chi connectivity index (χ1) is 10.9. The van der Waals surface area contributed by atoms with E-state index in [4.69, 9.17) is 10.2 Å². The number of benzene rings is 1. The second-order valence-electron chi connectivity index (χ2n) is 5.83. The fraction of sp³-hybridized carbons (Fsp3) is 0.412. The number of hydrogen-bond donors (Lipinski definition) is 2. The summed E-state index contributed by atoms with van der Waals surface area (Å²) < 4.78 is 12.9. The molecule has 124 valence electrons. The standard InChI is InChI=1S/C14H16FN.C3H4O4/c1-16-13-6-7-14(16)9-11(8-13)10-2-4-12(15)5-3-10;4-2(5)1-3(6)7/h2-5,8,13-14H,6-7,9H2,1H3;1H2,(H,4,5)(H,6,7). The van der Waals surface area contributed by atoms with E-state index in [1.54, 1.807) is 12.1 Å². The van der Waals surface area contributed by atoms with Gasteiger partial charge < -0.3 is 10.2 Å². The highest BCUT2D eigenvalue weighted by Gasteiger charge is 2.33. The number of rotatable bonds is 3. The van der Waals surface area contributed by atoms with Crippen molar-refractivity contribution in [3.63, 3.8) is 0 Å². The van der Waals surface area contributed by atoms with Gasteiger partial charge in [0.2, 0.25) is 0 Å². The highest BCUT2D eigenvalue weighted by Crippen LogP contribution is 2.37. The fourth-order valence-electron chi connectivity index (χ4n) is 3.05. The molecule has 3 rings (SSSR count). The molecule has 5 nitrogen and oxygen atoms in total. The summed E-state index contributed by atoms with van der Waals surface area (Å²) in [6, 6.07) is 8.18. The molecule has 2 aliphatic heterocycles. The van der Waals surface area contributed by atoms with Crippen LogP contribution in [0.5, 0.6) is 0 Å². The van der Waals surface area contributed by atoms with E-state index >= 15 is 0 Å². The van der Waals surface area contributed by atoms with Gasteiger partial charge in [0.1, 0.15) is 12.2 Å². The maximum Gasteiger partial charge on any atom is 0.314 e. The van der Waals surface area contributed by atoms with Gasteiger partial charge in [-0.15, -0.1) is 0 Å². The number of carboxylic acid groups (broad SMARTS) is 2. The first kappa shape index (κ1) is 17.1. The summed E-state index contributed by atoms with van der Waals surface area (Å²) in [7, 11) is 2.21. The molecule has 0 aromatic heterocycles. The van der Waals surface area contributed by atoms with Crippen LogP contribution in [0.1, 0.15) is 31.2 Å². The SMILES string of the molecule is CN1C2C=C(c3ccc(F)cc3)CC1CC2.O=C(O)CC(=O)O. The number of nitrogens with zero attached hydrogens (tertiary/aromatic N) is 1. The first-order valence-corrected chi connectivity index (χ1v) is 7.49. The number of halogens is 1. The van der Waals surface area contributed by atoms with Gasteiger partial charge in [-0.25, -0.2) is 4.39 Å². The van der Waals surface area contributed by atoms with Crippen molar-refractivity contribution in [2.75, 3.05) is 7.05 Å². The summed E-state index contributed by atoms with van der Waals surface area (Å²) in [5, 5.41) is 15.4. The van der Waals surface area contributed by atoms with Gasteiger partial charge in [0.05, 0.1) is 0 Å². The van der Waals surface area contributed by atoms with E-state index in [0.29, 0.717) is 12.1 Å². The molecule has 1 fully saturated rings. The normalized spacial score (nSPS) is 22.8. The summed E-state index contributed by atoms with van der Waals surface area (Å²) in [6.45, 7) is 0. The van der Waals surface area contributed by atoms with Crippen molar-refractivity contribution in [2.24, 2.45) is 0 Å². The lowest BCUT2D eigenvalue weighted by atomic mass is 9.95. The molecule has 2 aliphatic rings. The molecule has 1 aromatic carbocycles. The molecule has 1 saturated heterocycles. The molecule has 2 atom stereocenters. The van der Waals surface area contributed by atoms with Crippen LogP contribution in [-0.2, 0) is 9.59 Å². The second kappa shape index (κ2) is 7.37. The smallest absolute Gasteiger partial charge is 0.314 e. The Kier molecular flexibility index (Phi) is 5.50. The lowest BCUT2D eigenvalue weighted by Gasteiger charge is -2.30. The van der Waals surface area contributed by atoms with Crippen LogP contribution in [-0.4, -0.2) is 46.2 Å². The van der Waals surface area contributed by atoms with Crippen LogP contribution < -0.4 is 0 Å². The van der Waals surface area contributed by atoms with Crippen LogP contribution in [0.25, 0.3) is 5.57 Å². The molecule has 23 heavy (non-hydrogen) atoms. The number of fused-ring (bicyclic) bond motifs is 2. The number of hydrogen-bond acceptors (Lipinski definition) is 3. The zero-order valence-corrected chi connectivity index (χ0v) is 12.9. The van der Waals surface area contributed by atoms with Crippen LogP contribution in [0, 0.1) is 5.82 Å². The third-order valence-electron chi connectivity index (χ3n) is 4.26. The Hall–Kier alpha value is -2.21. The van der Waals surface area contributed by atoms with E-state index < -0.39 is 18.4 Å². The van der Waals surface area contributed by atoms with E-state index in [1.165, 1.54) is 24.0 Å². The summed E-state index contributed by atoms with van der Waals surface area (Å²) in [5.74, 6) is -2.78. The van der Waals surface area contributed by atoms with Crippen molar-refractivity contribution in [1.29, 1.82) is 0 Å². The van der Waals surface area contributed by atoms with Crippen molar-refractivity contribution in [1.82, 2.24) is 4.90 Å². The van der Waals surface area contributed by atoms with E-state index in [9.17, 15) is 14.0 Å². The van der Waals surface area contributed by atoms with Gasteiger partial charge in [-0.3, -0.25) is 14.5 Å². The summed E-state index contributed by atoms with van der Waals surface area (Å²) in [4.78, 5) is 21.3. The molecule has 2 heterocycles. The monoisotopic (exact) mass is 321 g/mol. The van der Waals surface area contributed by atoms with Crippen LogP contribution in [0.15, 0.2) is 30.3 Å². The van der Waals surface area contributed by atoms with Crippen molar-refractivity contribution >= 4 is 17.5 Å². The van der Waals surface area contributed by atoms with Crippen LogP contribution in [0.2, 0.25) is 0 Å². The van der Waals surface area contributed by atoms with E-state index in [2.05, 4.69) is 18.0 Å². The number of carboxylic acids is 2. The third-order valence-corrected chi connectivity index (χ3v) is 4.26. The molecule has 0 radical (unpaired) electrons. The molecule has 2 bridgehead atoms. The predicted octanol–water partition coefficient (Wildman–Crippen LogP) is 2.62. The maximum absolute atomic E-state index is 12.9. The summed E-state index contributed by atoms with van der Waals surface area (Å²) in [6.07, 6.45) is 5.23. The molecular weight excluding hydrogens is 301 g/mol. The Bertz CT molecular complexity index is 600. The van der Waals surface area contributed by atoms with Crippen molar-refractivity contribution in [3.05, 3.63) is 41.7 Å². The average molecular weight is 321 g/mol. The number of carbonyl (C=O) groups is 2. The van der Waals surface area contributed by atoms with Crippen LogP contribution in [0.3, 0.4) is 0 Å². The molecule has 0 saturated carbocycles. The molecule has 2 unspecified atom stereocenters. The minimum absolute atomic E-state index is 0.153. The Labute approximate surface area is 134 Å². The maximum atomic E-state index is 12.9. The quantitative estimate of drug-likeness (QED) is 0.837. The Morgan fingerprint density at radius 2 is 1.78 bits per heavy atom. The molecule has 1 aromatic rings. The average Bonchev–Trinajstić information content (AvgIpc) is 2.70. The fourth-order valence-corrected chi connectivity index (χ4v) is 3.05. The van der Waals surface area contributed by atoms with Crippen molar-refractivity contribution < 1.29 is 24.2 Å². The lowest BCUT2D eigenvalue weighted by molar-refractivity contribution is -0.147. The first-order valence-electron chi connectivity index (χ1n) is 7.49. The highest BCUT2D eigenvalue weighted by molar-refractivity contribution is 5.88. The Balaban J connectivity index is 0.000000236. The van der Waals surface area contributed by atoms with Crippen LogP contribution >= 0.6 is 0 Å². The van der Waals surface area contributed by atoms with Crippen LogP contribution in [0.4, 0.5) is 4.39 Å². The van der Waals surface area contributed by atoms with Crippen molar-refractivity contribution in [2.45, 2.75) is 37.8 Å². The molecular formula is C17H20FNO4. The molecule has 6 heteroatoms. The van der Waals surface area contributed by atoms with Gasteiger partial charge in [-0.05, 0) is 49.6 Å². The van der Waals surface area contributed by atoms with Gasteiger partial charge in [-0.2, -0.15) is 0 Å². The number of aliphatic carboxylic acids is 2. The van der Waals surface area contributed by atoms with E-state index in [1.807, 2.05) is 12.1 Å². The minimum Gasteiger partial charge on any atom is -0.481 e. The highest BCUT2D eigenvalue weighted by atomic mass is 19.1. The van der Waals surface area contributed by atoms with Gasteiger partial charge in [0.15, 0.2) is 0 Å². The largest absolute Gasteiger partial charge is 0.481 e. The van der Waals surface area contributed by atoms with E-state index in [-0.39, 0.29) is 5.82 Å². The van der Waals surface area contributed by atoms with Crippen molar-refractivity contribution in [3.8, 4) is 0 Å². The molecule has 0 aliphatic carbocycles. The molecule has 2 N–H and O–H groups in total.